The molecule has 0 spiro atoms. The highest BCUT2D eigenvalue weighted by Crippen LogP contribution is 2.21. The molecule has 0 bridgehead atoms. The summed E-state index contributed by atoms with van der Waals surface area (Å²) >= 11 is 0. The number of aliphatic hydroxyl groups excluding tert-OH is 1. The summed E-state index contributed by atoms with van der Waals surface area (Å²) in [7, 11) is 0. The fourth-order valence-electron chi connectivity index (χ4n) is 1.55. The fraction of sp³-hybridized carbons (Fsp3) is 0.500. The van der Waals surface area contributed by atoms with Crippen molar-refractivity contribution in [3.05, 3.63) is 12.7 Å². The maximum Gasteiger partial charge on any atom is 0.328 e. The van der Waals surface area contributed by atoms with Gasteiger partial charge in [-0.2, -0.15) is 0 Å². The molecular formula is C10H18N2O7. The van der Waals surface area contributed by atoms with Crippen LogP contribution < -0.4 is 6.15 Å². The highest BCUT2D eigenvalue weighted by Gasteiger charge is 2.42. The summed E-state index contributed by atoms with van der Waals surface area (Å²) in [5.74, 6) is -4.21. The molecule has 0 heterocycles. The van der Waals surface area contributed by atoms with E-state index in [0.29, 0.717) is 0 Å². The minimum Gasteiger partial charge on any atom is -0.480 e. The first-order valence-corrected chi connectivity index (χ1v) is 4.96. The standard InChI is InChI=1S/C10H15NO7.H3N/c1-2-10(3-4-12,9(17)18)11(5-7(13)14)6-8(15)16;/h2,12H,1,3-6H2,(H,13,14)(H,15,16)(H,17,18);1H3. The zero-order chi connectivity index (χ0) is 14.3. The highest BCUT2D eigenvalue weighted by molar-refractivity contribution is 5.84. The van der Waals surface area contributed by atoms with Crippen molar-refractivity contribution in [2.24, 2.45) is 0 Å². The van der Waals surface area contributed by atoms with Gasteiger partial charge in [-0.25, -0.2) is 4.79 Å². The molecule has 0 aromatic heterocycles. The average molecular weight is 278 g/mol. The molecule has 19 heavy (non-hydrogen) atoms. The molecule has 0 saturated carbocycles. The molecule has 0 fully saturated rings. The van der Waals surface area contributed by atoms with Gasteiger partial charge in [0.25, 0.3) is 0 Å². The van der Waals surface area contributed by atoms with Crippen molar-refractivity contribution < 1.29 is 34.8 Å². The van der Waals surface area contributed by atoms with Crippen LogP contribution in [0.1, 0.15) is 6.42 Å². The number of carboxylic acids is 3. The Balaban J connectivity index is 0. The molecule has 1 atom stereocenters. The molecule has 0 aromatic rings. The monoisotopic (exact) mass is 278 g/mol. The van der Waals surface area contributed by atoms with Crippen LogP contribution >= 0.6 is 0 Å². The Morgan fingerprint density at radius 2 is 1.53 bits per heavy atom. The third-order valence-corrected chi connectivity index (χ3v) is 2.42. The summed E-state index contributed by atoms with van der Waals surface area (Å²) in [4.78, 5) is 33.3. The number of aliphatic carboxylic acids is 3. The maximum atomic E-state index is 11.2. The van der Waals surface area contributed by atoms with E-state index in [0.717, 1.165) is 11.0 Å². The summed E-state index contributed by atoms with van der Waals surface area (Å²) in [6.07, 6.45) is 0.573. The van der Waals surface area contributed by atoms with Gasteiger partial charge in [0.1, 0.15) is 5.54 Å². The Labute approximate surface area is 109 Å². The Hall–Kier alpha value is -1.97. The molecule has 7 N–H and O–H groups in total. The first kappa shape index (κ1) is 19.4. The van der Waals surface area contributed by atoms with E-state index in [9.17, 15) is 14.4 Å². The van der Waals surface area contributed by atoms with Gasteiger partial charge < -0.3 is 26.6 Å². The van der Waals surface area contributed by atoms with Crippen LogP contribution in [0.15, 0.2) is 12.7 Å². The molecule has 0 rings (SSSR count). The van der Waals surface area contributed by atoms with E-state index >= 15 is 0 Å². The lowest BCUT2D eigenvalue weighted by Gasteiger charge is -2.35. The van der Waals surface area contributed by atoms with E-state index in [-0.39, 0.29) is 12.6 Å². The lowest BCUT2D eigenvalue weighted by atomic mass is 9.93. The van der Waals surface area contributed by atoms with Gasteiger partial charge in [0, 0.05) is 13.0 Å². The van der Waals surface area contributed by atoms with Crippen LogP contribution in [0.25, 0.3) is 0 Å². The van der Waals surface area contributed by atoms with Crippen molar-refractivity contribution in [1.29, 1.82) is 0 Å². The van der Waals surface area contributed by atoms with Gasteiger partial charge in [0.05, 0.1) is 13.1 Å². The van der Waals surface area contributed by atoms with Gasteiger partial charge in [-0.3, -0.25) is 14.5 Å². The van der Waals surface area contributed by atoms with Crippen LogP contribution in [0.5, 0.6) is 0 Å². The molecule has 1 unspecified atom stereocenters. The van der Waals surface area contributed by atoms with Crippen molar-refractivity contribution in [2.45, 2.75) is 12.0 Å². The summed E-state index contributed by atoms with van der Waals surface area (Å²) in [5, 5.41) is 35.4. The van der Waals surface area contributed by atoms with Crippen LogP contribution in [0, 0.1) is 0 Å². The molecule has 0 aromatic carbocycles. The lowest BCUT2D eigenvalue weighted by molar-refractivity contribution is -0.155. The molecule has 0 saturated heterocycles. The van der Waals surface area contributed by atoms with Crippen molar-refractivity contribution in [3.63, 3.8) is 0 Å². The number of hydrogen-bond acceptors (Lipinski definition) is 6. The first-order chi connectivity index (χ1) is 8.30. The average Bonchev–Trinajstić information content (AvgIpc) is 2.23. The quantitative estimate of drug-likeness (QED) is 0.332. The summed E-state index contributed by atoms with van der Waals surface area (Å²) in [6, 6.07) is 0. The van der Waals surface area contributed by atoms with Crippen LogP contribution in [-0.4, -0.2) is 68.5 Å². The minimum atomic E-state index is -1.93. The van der Waals surface area contributed by atoms with Crippen molar-refractivity contribution >= 4 is 17.9 Å². The molecule has 0 aliphatic carbocycles. The predicted molar refractivity (Wildman–Crippen MR) is 64.1 cm³/mol. The Morgan fingerprint density at radius 1 is 1.11 bits per heavy atom. The van der Waals surface area contributed by atoms with Gasteiger partial charge in [0.2, 0.25) is 0 Å². The van der Waals surface area contributed by atoms with Gasteiger partial charge >= 0.3 is 17.9 Å². The van der Waals surface area contributed by atoms with Crippen LogP contribution in [0.2, 0.25) is 0 Å². The van der Waals surface area contributed by atoms with Crippen molar-refractivity contribution in [2.75, 3.05) is 19.7 Å². The molecule has 0 radical (unpaired) electrons. The second-order valence-corrected chi connectivity index (χ2v) is 3.55. The second-order valence-electron chi connectivity index (χ2n) is 3.55. The minimum absolute atomic E-state index is 0. The molecule has 0 aliphatic rings. The number of carbonyl (C=O) groups is 3. The number of hydrogen-bond donors (Lipinski definition) is 5. The van der Waals surface area contributed by atoms with Crippen LogP contribution in [0.3, 0.4) is 0 Å². The maximum absolute atomic E-state index is 11.2. The Kier molecular flexibility index (Phi) is 8.35. The van der Waals surface area contributed by atoms with Gasteiger partial charge in [-0.1, -0.05) is 6.08 Å². The van der Waals surface area contributed by atoms with Crippen molar-refractivity contribution in [1.82, 2.24) is 11.1 Å². The topological polar surface area (TPSA) is 170 Å². The van der Waals surface area contributed by atoms with E-state index in [4.69, 9.17) is 20.4 Å². The van der Waals surface area contributed by atoms with E-state index in [1.54, 1.807) is 0 Å². The van der Waals surface area contributed by atoms with Gasteiger partial charge in [-0.05, 0) is 0 Å². The Morgan fingerprint density at radius 3 is 1.74 bits per heavy atom. The molecule has 0 aliphatic heterocycles. The zero-order valence-electron chi connectivity index (χ0n) is 10.3. The van der Waals surface area contributed by atoms with E-state index in [1.807, 2.05) is 0 Å². The van der Waals surface area contributed by atoms with Crippen LogP contribution in [-0.2, 0) is 14.4 Å². The third kappa shape index (κ3) is 5.04. The fourth-order valence-corrected chi connectivity index (χ4v) is 1.55. The summed E-state index contributed by atoms with van der Waals surface area (Å²) in [5.41, 5.74) is -1.93. The molecule has 9 heteroatoms. The van der Waals surface area contributed by atoms with E-state index in [1.165, 1.54) is 0 Å². The SMILES string of the molecule is C=CC(CCO)(C(=O)O)N(CC(=O)O)CC(=O)O.N. The zero-order valence-corrected chi connectivity index (χ0v) is 10.3. The second kappa shape index (κ2) is 8.19. The smallest absolute Gasteiger partial charge is 0.328 e. The lowest BCUT2D eigenvalue weighted by Crippen LogP contribution is -2.57. The number of carboxylic acid groups (broad SMARTS) is 3. The van der Waals surface area contributed by atoms with Gasteiger partial charge in [0.15, 0.2) is 0 Å². The van der Waals surface area contributed by atoms with Crippen LogP contribution in [0.4, 0.5) is 0 Å². The number of rotatable bonds is 9. The molecular weight excluding hydrogens is 260 g/mol. The largest absolute Gasteiger partial charge is 0.480 e. The number of aliphatic hydroxyl groups is 1. The molecule has 0 amide bonds. The van der Waals surface area contributed by atoms with E-state index < -0.39 is 43.1 Å². The highest BCUT2D eigenvalue weighted by atomic mass is 16.4. The summed E-state index contributed by atoms with van der Waals surface area (Å²) < 4.78 is 0. The predicted octanol–water partition coefficient (Wildman–Crippen LogP) is -0.989. The Bertz CT molecular complexity index is 342. The molecule has 110 valence electrons. The first-order valence-electron chi connectivity index (χ1n) is 4.96. The third-order valence-electron chi connectivity index (χ3n) is 2.42. The normalized spacial score (nSPS) is 13.2. The van der Waals surface area contributed by atoms with Crippen molar-refractivity contribution in [3.8, 4) is 0 Å². The van der Waals surface area contributed by atoms with Gasteiger partial charge in [-0.15, -0.1) is 6.58 Å². The van der Waals surface area contributed by atoms with E-state index in [2.05, 4.69) is 6.58 Å². The molecule has 9 nitrogen and oxygen atoms in total. The number of nitrogens with zero attached hydrogens (tertiary/aromatic N) is 1. The summed E-state index contributed by atoms with van der Waals surface area (Å²) in [6.45, 7) is 1.17.